The Labute approximate surface area is 153 Å². The standard InChI is InChI=1S/C21H23N5/c1-15-18(19-5-3-4-6-20(19)26-15)11-12-24-21(23-2)25-14-17-9-7-16(13-22)8-10-17/h3-10,26H,11-12,14H2,1-2H3,(H2,23,24,25). The minimum absolute atomic E-state index is 0.664. The largest absolute Gasteiger partial charge is 0.358 e. The van der Waals surface area contributed by atoms with Gasteiger partial charge >= 0.3 is 0 Å². The number of benzene rings is 2. The summed E-state index contributed by atoms with van der Waals surface area (Å²) in [5.74, 6) is 0.770. The first-order valence-electron chi connectivity index (χ1n) is 8.71. The molecule has 3 aromatic rings. The van der Waals surface area contributed by atoms with Crippen molar-refractivity contribution in [3.63, 3.8) is 0 Å². The van der Waals surface area contributed by atoms with Crippen LogP contribution in [-0.2, 0) is 13.0 Å². The van der Waals surface area contributed by atoms with E-state index in [1.807, 2.05) is 24.3 Å². The molecule has 5 nitrogen and oxygen atoms in total. The second-order valence-corrected chi connectivity index (χ2v) is 6.19. The fourth-order valence-electron chi connectivity index (χ4n) is 3.07. The van der Waals surface area contributed by atoms with Crippen molar-refractivity contribution in [2.45, 2.75) is 19.9 Å². The zero-order chi connectivity index (χ0) is 18.4. The van der Waals surface area contributed by atoms with Crippen molar-refractivity contribution in [1.82, 2.24) is 15.6 Å². The van der Waals surface area contributed by atoms with Crippen molar-refractivity contribution in [2.24, 2.45) is 4.99 Å². The maximum atomic E-state index is 8.85. The molecule has 26 heavy (non-hydrogen) atoms. The van der Waals surface area contributed by atoms with Crippen LogP contribution in [0.2, 0.25) is 0 Å². The highest BCUT2D eigenvalue weighted by Crippen LogP contribution is 2.21. The van der Waals surface area contributed by atoms with E-state index < -0.39 is 0 Å². The van der Waals surface area contributed by atoms with Crippen LogP contribution >= 0.6 is 0 Å². The first kappa shape index (κ1) is 17.6. The highest BCUT2D eigenvalue weighted by Gasteiger charge is 2.07. The molecule has 3 N–H and O–H groups in total. The van der Waals surface area contributed by atoms with Gasteiger partial charge in [0.2, 0.25) is 0 Å². The van der Waals surface area contributed by atoms with Gasteiger partial charge in [0.05, 0.1) is 11.6 Å². The quantitative estimate of drug-likeness (QED) is 0.491. The van der Waals surface area contributed by atoms with Gasteiger partial charge in [0.1, 0.15) is 0 Å². The second kappa shape index (κ2) is 8.21. The molecule has 0 fully saturated rings. The summed E-state index contributed by atoms with van der Waals surface area (Å²) >= 11 is 0. The molecule has 0 saturated carbocycles. The maximum Gasteiger partial charge on any atom is 0.191 e. The number of rotatable bonds is 5. The zero-order valence-corrected chi connectivity index (χ0v) is 15.1. The first-order chi connectivity index (χ1) is 12.7. The van der Waals surface area contributed by atoms with Crippen LogP contribution in [-0.4, -0.2) is 24.5 Å². The average Bonchev–Trinajstić information content (AvgIpc) is 3.00. The summed E-state index contributed by atoms with van der Waals surface area (Å²) in [7, 11) is 1.77. The van der Waals surface area contributed by atoms with Crippen molar-refractivity contribution in [1.29, 1.82) is 5.26 Å². The summed E-state index contributed by atoms with van der Waals surface area (Å²) in [6.07, 6.45) is 0.924. The predicted molar refractivity (Wildman–Crippen MR) is 106 cm³/mol. The van der Waals surface area contributed by atoms with E-state index in [2.05, 4.69) is 57.9 Å². The molecular weight excluding hydrogens is 322 g/mol. The van der Waals surface area contributed by atoms with Crippen LogP contribution in [0, 0.1) is 18.3 Å². The molecular formula is C21H23N5. The highest BCUT2D eigenvalue weighted by molar-refractivity contribution is 5.84. The molecule has 0 aliphatic rings. The summed E-state index contributed by atoms with van der Waals surface area (Å²) in [5.41, 5.74) is 5.53. The summed E-state index contributed by atoms with van der Waals surface area (Å²) in [4.78, 5) is 7.71. The van der Waals surface area contributed by atoms with E-state index in [9.17, 15) is 0 Å². The Bertz CT molecular complexity index is 945. The van der Waals surface area contributed by atoms with Gasteiger partial charge < -0.3 is 15.6 Å². The van der Waals surface area contributed by atoms with E-state index in [1.54, 1.807) is 7.05 Å². The van der Waals surface area contributed by atoms with Gasteiger partial charge in [-0.2, -0.15) is 5.26 Å². The highest BCUT2D eigenvalue weighted by atomic mass is 15.2. The van der Waals surface area contributed by atoms with Gasteiger partial charge in [-0.3, -0.25) is 4.99 Å². The molecule has 0 amide bonds. The summed E-state index contributed by atoms with van der Waals surface area (Å²) in [6.45, 7) is 3.58. The predicted octanol–water partition coefficient (Wildman–Crippen LogP) is 3.26. The number of H-pyrrole nitrogens is 1. The van der Waals surface area contributed by atoms with Gasteiger partial charge in [-0.1, -0.05) is 30.3 Å². The molecule has 5 heteroatoms. The molecule has 2 aromatic carbocycles. The normalized spacial score (nSPS) is 11.3. The van der Waals surface area contributed by atoms with Gasteiger partial charge in [-0.25, -0.2) is 0 Å². The monoisotopic (exact) mass is 345 g/mol. The summed E-state index contributed by atoms with van der Waals surface area (Å²) < 4.78 is 0. The molecule has 132 valence electrons. The van der Waals surface area contributed by atoms with E-state index in [4.69, 9.17) is 5.26 Å². The van der Waals surface area contributed by atoms with Gasteiger partial charge in [-0.05, 0) is 42.7 Å². The van der Waals surface area contributed by atoms with Crippen molar-refractivity contribution >= 4 is 16.9 Å². The summed E-state index contributed by atoms with van der Waals surface area (Å²) in [5, 5.41) is 16.8. The minimum Gasteiger partial charge on any atom is -0.358 e. The van der Waals surface area contributed by atoms with Crippen LogP contribution in [0.5, 0.6) is 0 Å². The number of hydrogen-bond donors (Lipinski definition) is 3. The van der Waals surface area contributed by atoms with Crippen molar-refractivity contribution in [3.8, 4) is 6.07 Å². The lowest BCUT2D eigenvalue weighted by molar-refractivity contribution is 0.794. The lowest BCUT2D eigenvalue weighted by Gasteiger charge is -2.12. The van der Waals surface area contributed by atoms with Gasteiger partial charge in [0, 0.05) is 36.7 Å². The number of nitrogens with one attached hydrogen (secondary N) is 3. The number of fused-ring (bicyclic) bond motifs is 1. The smallest absolute Gasteiger partial charge is 0.191 e. The summed E-state index contributed by atoms with van der Waals surface area (Å²) in [6, 6.07) is 18.1. The van der Waals surface area contributed by atoms with Crippen LogP contribution < -0.4 is 10.6 Å². The molecule has 1 heterocycles. The van der Waals surface area contributed by atoms with Crippen LogP contribution in [0.25, 0.3) is 10.9 Å². The molecule has 0 radical (unpaired) electrons. The molecule has 1 aromatic heterocycles. The second-order valence-electron chi connectivity index (χ2n) is 6.19. The molecule has 0 atom stereocenters. The number of guanidine groups is 1. The molecule has 0 spiro atoms. The number of aryl methyl sites for hydroxylation is 1. The SMILES string of the molecule is CN=C(NCCc1c(C)[nH]c2ccccc12)NCc1ccc(C#N)cc1. The number of hydrogen-bond acceptors (Lipinski definition) is 2. The molecule has 0 aliphatic carbocycles. The van der Waals surface area contributed by atoms with Crippen LogP contribution in [0.15, 0.2) is 53.5 Å². The third-order valence-corrected chi connectivity index (χ3v) is 4.46. The van der Waals surface area contributed by atoms with Gasteiger partial charge in [-0.15, -0.1) is 0 Å². The van der Waals surface area contributed by atoms with E-state index in [0.717, 1.165) is 24.5 Å². The fourth-order valence-corrected chi connectivity index (χ4v) is 3.07. The minimum atomic E-state index is 0.664. The van der Waals surface area contributed by atoms with E-state index in [-0.39, 0.29) is 0 Å². The zero-order valence-electron chi connectivity index (χ0n) is 15.1. The third kappa shape index (κ3) is 4.04. The Kier molecular flexibility index (Phi) is 5.55. The van der Waals surface area contributed by atoms with Gasteiger partial charge in [0.15, 0.2) is 5.96 Å². The lowest BCUT2D eigenvalue weighted by atomic mass is 10.1. The van der Waals surface area contributed by atoms with E-state index >= 15 is 0 Å². The Balaban J connectivity index is 1.54. The van der Waals surface area contributed by atoms with Crippen LogP contribution in [0.3, 0.4) is 0 Å². The fraction of sp³-hybridized carbons (Fsp3) is 0.238. The number of aliphatic imine (C=N–C) groups is 1. The van der Waals surface area contributed by atoms with Gasteiger partial charge in [0.25, 0.3) is 0 Å². The number of aromatic nitrogens is 1. The first-order valence-corrected chi connectivity index (χ1v) is 8.71. The van der Waals surface area contributed by atoms with Crippen molar-refractivity contribution in [2.75, 3.05) is 13.6 Å². The number of para-hydroxylation sites is 1. The van der Waals surface area contributed by atoms with E-state index in [0.29, 0.717) is 12.1 Å². The molecule has 0 bridgehead atoms. The topological polar surface area (TPSA) is 76.0 Å². The van der Waals surface area contributed by atoms with Crippen LogP contribution in [0.4, 0.5) is 0 Å². The third-order valence-electron chi connectivity index (χ3n) is 4.46. The maximum absolute atomic E-state index is 8.85. The molecule has 0 aliphatic heterocycles. The Morgan fingerprint density at radius 2 is 1.88 bits per heavy atom. The number of aromatic amines is 1. The Morgan fingerprint density at radius 3 is 2.62 bits per heavy atom. The Morgan fingerprint density at radius 1 is 1.12 bits per heavy atom. The van der Waals surface area contributed by atoms with Crippen molar-refractivity contribution < 1.29 is 0 Å². The number of nitriles is 1. The molecule has 0 saturated heterocycles. The average molecular weight is 345 g/mol. The molecule has 3 rings (SSSR count). The lowest BCUT2D eigenvalue weighted by Crippen LogP contribution is -2.37. The number of nitrogens with zero attached hydrogens (tertiary/aromatic N) is 2. The van der Waals surface area contributed by atoms with E-state index in [1.165, 1.54) is 22.2 Å². The Hall–Kier alpha value is -3.26. The molecule has 0 unspecified atom stereocenters. The van der Waals surface area contributed by atoms with Crippen LogP contribution in [0.1, 0.15) is 22.4 Å². The van der Waals surface area contributed by atoms with Crippen molar-refractivity contribution in [3.05, 3.63) is 70.9 Å².